The van der Waals surface area contributed by atoms with Crippen LogP contribution in [0.5, 0.6) is 11.5 Å². The largest absolute Gasteiger partial charge is 0.493 e. The summed E-state index contributed by atoms with van der Waals surface area (Å²) in [6, 6.07) is 8.88. The molecule has 0 spiro atoms. The second-order valence-corrected chi connectivity index (χ2v) is 10.9. The van der Waals surface area contributed by atoms with E-state index in [1.807, 2.05) is 12.1 Å². The van der Waals surface area contributed by atoms with E-state index in [2.05, 4.69) is 26.0 Å². The maximum absolute atomic E-state index is 13.1. The molecule has 2 aromatic heterocycles. The number of nitrogens with zero attached hydrogens (tertiary/aromatic N) is 3. The maximum Gasteiger partial charge on any atom is 0.282 e. The number of methoxy groups -OCH3 is 1. The number of thiophene rings is 1. The molecule has 1 aliphatic carbocycles. The van der Waals surface area contributed by atoms with Crippen molar-refractivity contribution in [2.75, 3.05) is 7.11 Å². The standard InChI is InChI=1S/C25H20BrCl2N3O3S/c1-33-20-9-14(8-18(26)23(20)34-12-15-6-7-16(27)10-19(15)28)11-30-31-13-29-24-22(25(31)32)17-4-2-3-5-21(17)35-24/h6-11,13H,2-5,12H2,1H3/b30-11-. The van der Waals surface area contributed by atoms with Gasteiger partial charge >= 0.3 is 0 Å². The van der Waals surface area contributed by atoms with Crippen molar-refractivity contribution >= 4 is 66.9 Å². The van der Waals surface area contributed by atoms with Gasteiger partial charge in [0.25, 0.3) is 5.56 Å². The topological polar surface area (TPSA) is 65.7 Å². The highest BCUT2D eigenvalue weighted by Gasteiger charge is 2.20. The van der Waals surface area contributed by atoms with Gasteiger partial charge in [-0.2, -0.15) is 9.78 Å². The number of halogens is 3. The highest BCUT2D eigenvalue weighted by Crippen LogP contribution is 2.37. The minimum Gasteiger partial charge on any atom is -0.493 e. The molecule has 6 nitrogen and oxygen atoms in total. The summed E-state index contributed by atoms with van der Waals surface area (Å²) in [5.74, 6) is 1.04. The number of benzene rings is 2. The van der Waals surface area contributed by atoms with Crippen molar-refractivity contribution in [3.8, 4) is 11.5 Å². The van der Waals surface area contributed by atoms with Crippen molar-refractivity contribution in [1.29, 1.82) is 0 Å². The van der Waals surface area contributed by atoms with Gasteiger partial charge in [-0.1, -0.05) is 29.3 Å². The van der Waals surface area contributed by atoms with E-state index in [1.165, 1.54) is 15.9 Å². The number of rotatable bonds is 6. The van der Waals surface area contributed by atoms with Crippen molar-refractivity contribution in [2.45, 2.75) is 32.3 Å². The van der Waals surface area contributed by atoms with E-state index < -0.39 is 0 Å². The Morgan fingerprint density at radius 2 is 2.06 bits per heavy atom. The molecule has 4 aromatic rings. The Hall–Kier alpha value is -2.39. The smallest absolute Gasteiger partial charge is 0.282 e. The first-order valence-corrected chi connectivity index (χ1v) is 13.3. The van der Waals surface area contributed by atoms with E-state index in [4.69, 9.17) is 32.7 Å². The molecule has 5 rings (SSSR count). The van der Waals surface area contributed by atoms with Crippen LogP contribution in [0, 0.1) is 0 Å². The van der Waals surface area contributed by atoms with Gasteiger partial charge in [-0.3, -0.25) is 4.79 Å². The highest BCUT2D eigenvalue weighted by molar-refractivity contribution is 9.10. The minimum absolute atomic E-state index is 0.142. The van der Waals surface area contributed by atoms with Gasteiger partial charge in [0.1, 0.15) is 17.8 Å². The Labute approximate surface area is 224 Å². The summed E-state index contributed by atoms with van der Waals surface area (Å²) in [7, 11) is 1.56. The van der Waals surface area contributed by atoms with Crippen LogP contribution in [0.25, 0.3) is 10.2 Å². The van der Waals surface area contributed by atoms with Crippen LogP contribution in [0.3, 0.4) is 0 Å². The van der Waals surface area contributed by atoms with Crippen LogP contribution < -0.4 is 15.0 Å². The van der Waals surface area contributed by atoms with Crippen LogP contribution in [0.2, 0.25) is 10.0 Å². The Bertz CT molecular complexity index is 1520. The molecular weight excluding hydrogens is 573 g/mol. The zero-order valence-electron chi connectivity index (χ0n) is 18.7. The molecule has 10 heteroatoms. The molecule has 0 atom stereocenters. The molecule has 180 valence electrons. The summed E-state index contributed by atoms with van der Waals surface area (Å²) in [4.78, 5) is 19.7. The quantitative estimate of drug-likeness (QED) is 0.229. The normalized spacial score (nSPS) is 13.4. The van der Waals surface area contributed by atoms with Crippen molar-refractivity contribution in [2.24, 2.45) is 5.10 Å². The zero-order chi connectivity index (χ0) is 24.5. The molecule has 0 radical (unpaired) electrons. The average molecular weight is 593 g/mol. The van der Waals surface area contributed by atoms with Gasteiger partial charge in [0.2, 0.25) is 0 Å². The maximum atomic E-state index is 13.1. The molecule has 2 aromatic carbocycles. The van der Waals surface area contributed by atoms with Crippen LogP contribution in [0.4, 0.5) is 0 Å². The lowest BCUT2D eigenvalue weighted by molar-refractivity contribution is 0.282. The first-order valence-electron chi connectivity index (χ1n) is 10.9. The molecule has 0 fully saturated rings. The molecule has 2 heterocycles. The second-order valence-electron chi connectivity index (χ2n) is 8.09. The van der Waals surface area contributed by atoms with Gasteiger partial charge < -0.3 is 9.47 Å². The van der Waals surface area contributed by atoms with Crippen molar-refractivity contribution in [1.82, 2.24) is 9.66 Å². The van der Waals surface area contributed by atoms with Crippen molar-refractivity contribution in [3.05, 3.63) is 83.1 Å². The van der Waals surface area contributed by atoms with Crippen LogP contribution in [-0.2, 0) is 19.4 Å². The number of aryl methyl sites for hydroxylation is 2. The predicted molar refractivity (Wildman–Crippen MR) is 145 cm³/mol. The summed E-state index contributed by atoms with van der Waals surface area (Å²) in [6.45, 7) is 0.241. The Kier molecular flexibility index (Phi) is 7.16. The van der Waals surface area contributed by atoms with Gasteiger partial charge in [-0.25, -0.2) is 4.98 Å². The molecule has 0 saturated carbocycles. The second kappa shape index (κ2) is 10.3. The highest BCUT2D eigenvalue weighted by atomic mass is 79.9. The van der Waals surface area contributed by atoms with Crippen LogP contribution in [0.1, 0.15) is 34.4 Å². The van der Waals surface area contributed by atoms with Crippen molar-refractivity contribution in [3.63, 3.8) is 0 Å². The molecule has 0 aliphatic heterocycles. The number of aromatic nitrogens is 2. The summed E-state index contributed by atoms with van der Waals surface area (Å²) in [5.41, 5.74) is 2.53. The molecular formula is C25H20BrCl2N3O3S. The van der Waals surface area contributed by atoms with E-state index in [0.717, 1.165) is 47.2 Å². The first kappa shape index (κ1) is 24.3. The SMILES string of the molecule is COc1cc(/C=N\n2cnc3sc4c(c3c2=O)CCCC4)cc(Br)c1OCc1ccc(Cl)cc1Cl. The average Bonchev–Trinajstić information content (AvgIpc) is 3.23. The third-order valence-electron chi connectivity index (χ3n) is 5.83. The number of hydrogen-bond acceptors (Lipinski definition) is 6. The lowest BCUT2D eigenvalue weighted by Crippen LogP contribution is -2.18. The van der Waals surface area contributed by atoms with Crippen LogP contribution in [0.15, 0.2) is 51.0 Å². The third kappa shape index (κ3) is 4.98. The summed E-state index contributed by atoms with van der Waals surface area (Å²) < 4.78 is 13.5. The lowest BCUT2D eigenvalue weighted by atomic mass is 9.97. The number of hydrogen-bond donors (Lipinski definition) is 0. The van der Waals surface area contributed by atoms with Crippen molar-refractivity contribution < 1.29 is 9.47 Å². The van der Waals surface area contributed by atoms with E-state index in [0.29, 0.717) is 31.4 Å². The van der Waals surface area contributed by atoms with Gasteiger partial charge in [0, 0.05) is 20.5 Å². The third-order valence-corrected chi connectivity index (χ3v) is 8.20. The first-order chi connectivity index (χ1) is 16.9. The van der Waals surface area contributed by atoms with E-state index in [9.17, 15) is 4.79 Å². The number of fused-ring (bicyclic) bond motifs is 3. The Morgan fingerprint density at radius 1 is 1.23 bits per heavy atom. The number of ether oxygens (including phenoxy) is 2. The van der Waals surface area contributed by atoms with E-state index in [1.54, 1.807) is 42.9 Å². The molecule has 0 amide bonds. The monoisotopic (exact) mass is 591 g/mol. The van der Waals surface area contributed by atoms with Gasteiger partial charge in [0.15, 0.2) is 11.5 Å². The van der Waals surface area contributed by atoms with Gasteiger partial charge in [-0.15, -0.1) is 11.3 Å². The predicted octanol–water partition coefficient (Wildman–Crippen LogP) is 6.88. The summed E-state index contributed by atoms with van der Waals surface area (Å²) >= 11 is 17.4. The van der Waals surface area contributed by atoms with Crippen LogP contribution >= 0.6 is 50.5 Å². The Morgan fingerprint density at radius 3 is 2.86 bits per heavy atom. The Balaban J connectivity index is 1.41. The molecule has 1 aliphatic rings. The fourth-order valence-electron chi connectivity index (χ4n) is 4.09. The van der Waals surface area contributed by atoms with Crippen LogP contribution in [-0.4, -0.2) is 23.0 Å². The molecule has 0 bridgehead atoms. The van der Waals surface area contributed by atoms with Gasteiger partial charge in [-0.05, 0) is 77.0 Å². The molecule has 0 N–H and O–H groups in total. The fourth-order valence-corrected chi connectivity index (χ4v) is 6.35. The molecule has 0 unspecified atom stereocenters. The zero-order valence-corrected chi connectivity index (χ0v) is 22.6. The van der Waals surface area contributed by atoms with E-state index >= 15 is 0 Å². The van der Waals surface area contributed by atoms with E-state index in [-0.39, 0.29) is 12.2 Å². The molecule has 0 saturated heterocycles. The fraction of sp³-hybridized carbons (Fsp3) is 0.240. The summed E-state index contributed by atoms with van der Waals surface area (Å²) in [5, 5.41) is 6.18. The summed E-state index contributed by atoms with van der Waals surface area (Å²) in [6.07, 6.45) is 7.28. The molecule has 35 heavy (non-hydrogen) atoms. The lowest BCUT2D eigenvalue weighted by Gasteiger charge is -2.14. The minimum atomic E-state index is -0.142. The van der Waals surface area contributed by atoms with Gasteiger partial charge in [0.05, 0.1) is 23.2 Å².